The van der Waals surface area contributed by atoms with Crippen LogP contribution in [0.4, 0.5) is 5.69 Å². The summed E-state index contributed by atoms with van der Waals surface area (Å²) >= 11 is 0. The maximum absolute atomic E-state index is 15.2. The van der Waals surface area contributed by atoms with Crippen LogP contribution in [0.3, 0.4) is 0 Å². The average Bonchev–Trinajstić information content (AvgIpc) is 4.17. The van der Waals surface area contributed by atoms with E-state index >= 15 is 9.59 Å². The Kier molecular flexibility index (Phi) is 17.7. The van der Waals surface area contributed by atoms with Crippen molar-refractivity contribution in [3.05, 3.63) is 137 Å². The van der Waals surface area contributed by atoms with Crippen molar-refractivity contribution in [3.63, 3.8) is 0 Å². The Labute approximate surface area is 450 Å². The summed E-state index contributed by atoms with van der Waals surface area (Å²) in [5, 5.41) is 6.62. The molecule has 7 atom stereocenters. The fourth-order valence-corrected chi connectivity index (χ4v) is 11.8. The topological polar surface area (TPSA) is 218 Å². The van der Waals surface area contributed by atoms with Gasteiger partial charge in [-0.05, 0) is 59.9 Å². The molecular weight excluding hydrogens is 981 g/mol. The predicted molar refractivity (Wildman–Crippen MR) is 290 cm³/mol. The van der Waals surface area contributed by atoms with Gasteiger partial charge in [0.1, 0.15) is 54.8 Å². The maximum atomic E-state index is 15.2. The Hall–Kier alpha value is -7.66. The van der Waals surface area contributed by atoms with Crippen molar-refractivity contribution < 1.29 is 56.9 Å². The molecule has 8 rings (SSSR count). The van der Waals surface area contributed by atoms with Crippen molar-refractivity contribution in [1.29, 1.82) is 0 Å². The number of nitrogens with two attached hydrogens (primary N) is 1. The van der Waals surface area contributed by atoms with Crippen molar-refractivity contribution >= 4 is 52.2 Å². The van der Waals surface area contributed by atoms with Gasteiger partial charge in [0.05, 0.1) is 46.4 Å². The number of amides is 3. The van der Waals surface area contributed by atoms with Gasteiger partial charge in [-0.1, -0.05) is 112 Å². The number of ether oxygens (including phenoxy) is 5. The van der Waals surface area contributed by atoms with E-state index in [1.54, 1.807) is 41.3 Å². The summed E-state index contributed by atoms with van der Waals surface area (Å²) in [6.45, 7) is 7.73. The first kappa shape index (κ1) is 55.6. The summed E-state index contributed by atoms with van der Waals surface area (Å²) in [5.41, 5.74) is 10.8. The largest absolute Gasteiger partial charge is 0.496 e. The molecule has 3 aliphatic heterocycles. The van der Waals surface area contributed by atoms with Crippen LogP contribution in [0.5, 0.6) is 11.5 Å². The monoisotopic (exact) mass is 1050 g/mol. The standard InChI is InChI=1S/C60H72N6O11/c1-7-38(3)54(57(70)63-47(58(71)77-37-41-20-13-10-14-21-41)31-52(68)76-36-40-18-11-9-12-19-40)64-56(69)48-24-17-26-65(48)51(67)35-66-27-25-45-44-22-15-16-23-46(44)62-55(45)60(59(72)75-6,32-42(34-66)28-39(8-2)33-66)53-49(73-4)29-43(61)30-50(53)74-5/h9-16,18-23,28-30,38,42,47-48,54,62H,7-8,17,24-27,31-37,61H2,1-6H3,(H-,63,64,69,70)/p+1/t38-,42-,47-,48-,54-,60-,66?/m0/s1. The van der Waals surface area contributed by atoms with Crippen molar-refractivity contribution in [3.8, 4) is 11.5 Å². The summed E-state index contributed by atoms with van der Waals surface area (Å²) in [6, 6.07) is 26.0. The van der Waals surface area contributed by atoms with E-state index in [9.17, 15) is 19.2 Å². The summed E-state index contributed by atoms with van der Waals surface area (Å²) in [6.07, 6.45) is 4.60. The molecule has 1 fully saturated rings. The number of H-pyrrole nitrogens is 1. The minimum Gasteiger partial charge on any atom is -0.496 e. The van der Waals surface area contributed by atoms with Gasteiger partial charge < -0.3 is 54.4 Å². The van der Waals surface area contributed by atoms with E-state index in [0.29, 0.717) is 96.8 Å². The van der Waals surface area contributed by atoms with E-state index in [2.05, 4.69) is 28.6 Å². The molecule has 0 radical (unpaired) electrons. The number of nitrogen functional groups attached to an aromatic ring is 1. The molecule has 1 aromatic heterocycles. The third kappa shape index (κ3) is 12.1. The lowest BCUT2D eigenvalue weighted by molar-refractivity contribution is -0.921. The van der Waals surface area contributed by atoms with Crippen molar-refractivity contribution in [2.24, 2.45) is 11.8 Å². The van der Waals surface area contributed by atoms with E-state index in [1.807, 2.05) is 74.5 Å². The number of benzene rings is 4. The Balaban J connectivity index is 1.05. The van der Waals surface area contributed by atoms with Crippen LogP contribution in [0.15, 0.2) is 109 Å². The van der Waals surface area contributed by atoms with Gasteiger partial charge in [-0.2, -0.15) is 0 Å². The summed E-state index contributed by atoms with van der Waals surface area (Å²) in [5.74, 6) is -3.36. The SMILES string of the molecule is CCC1=C[C@H]2C[C@](C(=O)OC)(c3c(OC)cc(N)cc3OC)c3[nH]c4ccccc4c3CC[N+](CC(=O)N3CCC[C@H]3C(=O)N[C@H](C(=O)N[C@@H](CC(=O)OCc3ccccc3)C(=O)OCc3ccccc3)[C@@H](C)CC)(C1)C2. The maximum Gasteiger partial charge on any atom is 0.329 e. The van der Waals surface area contributed by atoms with Crippen molar-refractivity contribution in [1.82, 2.24) is 20.5 Å². The first-order valence-corrected chi connectivity index (χ1v) is 26.7. The third-order valence-corrected chi connectivity index (χ3v) is 15.8. The van der Waals surface area contributed by atoms with Crippen molar-refractivity contribution in [2.75, 3.05) is 59.8 Å². The number of aromatic nitrogens is 1. The minimum absolute atomic E-state index is 0.0322. The summed E-state index contributed by atoms with van der Waals surface area (Å²) in [7, 11) is 4.46. The molecule has 1 unspecified atom stereocenters. The van der Waals surface area contributed by atoms with Gasteiger partial charge in [-0.15, -0.1) is 0 Å². The van der Waals surface area contributed by atoms with Gasteiger partial charge in [-0.25, -0.2) is 4.79 Å². The molecule has 408 valence electrons. The first-order valence-electron chi connectivity index (χ1n) is 26.7. The molecule has 17 nitrogen and oxygen atoms in total. The fourth-order valence-electron chi connectivity index (χ4n) is 11.8. The van der Waals surface area contributed by atoms with Crippen LogP contribution in [-0.4, -0.2) is 122 Å². The van der Waals surface area contributed by atoms with E-state index in [0.717, 1.165) is 27.6 Å². The Bertz CT molecular complexity index is 2950. The predicted octanol–water partition coefficient (Wildman–Crippen LogP) is 6.84. The Morgan fingerprint density at radius 1 is 0.857 bits per heavy atom. The molecule has 1 saturated heterocycles. The highest BCUT2D eigenvalue weighted by Crippen LogP contribution is 2.52. The number of hydrogen-bond acceptors (Lipinski definition) is 12. The molecule has 17 heteroatoms. The molecule has 0 aliphatic carbocycles. The van der Waals surface area contributed by atoms with Crippen LogP contribution in [0.25, 0.3) is 10.9 Å². The molecule has 2 bridgehead atoms. The lowest BCUT2D eigenvalue weighted by atomic mass is 9.68. The van der Waals surface area contributed by atoms with Gasteiger partial charge in [-0.3, -0.25) is 24.0 Å². The number of para-hydroxylation sites is 1. The van der Waals surface area contributed by atoms with Crippen LogP contribution in [0.1, 0.15) is 87.2 Å². The number of quaternary nitrogens is 1. The molecule has 3 amide bonds. The fraction of sp³-hybridized carbons (Fsp3) is 0.433. The van der Waals surface area contributed by atoms with Crippen LogP contribution in [-0.2, 0) is 68.0 Å². The highest BCUT2D eigenvalue weighted by molar-refractivity contribution is 5.96. The van der Waals surface area contributed by atoms with Gasteiger partial charge in [0.15, 0.2) is 6.54 Å². The zero-order chi connectivity index (χ0) is 54.9. The highest BCUT2D eigenvalue weighted by atomic mass is 16.5. The van der Waals surface area contributed by atoms with Crippen molar-refractivity contribution in [2.45, 2.75) is 102 Å². The number of aromatic amines is 1. The molecule has 0 spiro atoms. The number of rotatable bonds is 20. The number of hydrogen-bond donors (Lipinski definition) is 4. The second kappa shape index (κ2) is 24.6. The first-order chi connectivity index (χ1) is 37.2. The molecule has 4 heterocycles. The summed E-state index contributed by atoms with van der Waals surface area (Å²) in [4.78, 5) is 91.5. The van der Waals surface area contributed by atoms with Gasteiger partial charge in [0.25, 0.3) is 5.91 Å². The zero-order valence-electron chi connectivity index (χ0n) is 45.1. The number of nitrogens with one attached hydrogen (secondary N) is 3. The Morgan fingerprint density at radius 3 is 2.14 bits per heavy atom. The van der Waals surface area contributed by atoms with Gasteiger partial charge in [0.2, 0.25) is 11.8 Å². The lowest BCUT2D eigenvalue weighted by Gasteiger charge is -2.45. The molecule has 3 aliphatic rings. The third-order valence-electron chi connectivity index (χ3n) is 15.8. The summed E-state index contributed by atoms with van der Waals surface area (Å²) < 4.78 is 29.4. The number of likely N-dealkylation sites (tertiary alicyclic amines) is 1. The van der Waals surface area contributed by atoms with E-state index in [-0.39, 0.29) is 38.0 Å². The number of anilines is 1. The smallest absolute Gasteiger partial charge is 0.329 e. The molecule has 77 heavy (non-hydrogen) atoms. The lowest BCUT2D eigenvalue weighted by Crippen LogP contribution is -2.61. The quantitative estimate of drug-likeness (QED) is 0.0207. The van der Waals surface area contributed by atoms with E-state index < -0.39 is 65.6 Å². The second-order valence-electron chi connectivity index (χ2n) is 20.8. The average molecular weight is 1050 g/mol. The molecule has 5 N–H and O–H groups in total. The van der Waals surface area contributed by atoms with Gasteiger partial charge >= 0.3 is 17.9 Å². The van der Waals surface area contributed by atoms with E-state index in [4.69, 9.17) is 29.4 Å². The molecule has 0 saturated carbocycles. The number of carbonyl (C=O) groups is 6. The van der Waals surface area contributed by atoms with Crippen LogP contribution < -0.4 is 25.8 Å². The molecule has 5 aromatic rings. The zero-order valence-corrected chi connectivity index (χ0v) is 45.1. The highest BCUT2D eigenvalue weighted by Gasteiger charge is 2.54. The van der Waals surface area contributed by atoms with Gasteiger partial charge in [0, 0.05) is 53.3 Å². The normalized spacial score (nSPS) is 21.1. The number of carbonyl (C=O) groups excluding carboxylic acids is 6. The minimum atomic E-state index is -1.49. The second-order valence-corrected chi connectivity index (χ2v) is 20.8. The number of esters is 3. The molecule has 4 aromatic carbocycles. The number of nitrogens with zero attached hydrogens (tertiary/aromatic N) is 2. The van der Waals surface area contributed by atoms with Crippen LogP contribution in [0, 0.1) is 11.8 Å². The molecular formula is C60H73N6O11+. The van der Waals surface area contributed by atoms with Crippen LogP contribution >= 0.6 is 0 Å². The Morgan fingerprint density at radius 2 is 1.51 bits per heavy atom. The number of methoxy groups -OCH3 is 3. The number of fused-ring (bicyclic) bond motifs is 5. The van der Waals surface area contributed by atoms with E-state index in [1.165, 1.54) is 21.3 Å². The van der Waals surface area contributed by atoms with Crippen LogP contribution in [0.2, 0.25) is 0 Å².